The second-order valence-electron chi connectivity index (χ2n) is 3.49. The van der Waals surface area contributed by atoms with E-state index in [4.69, 9.17) is 0 Å². The molecule has 0 radical (unpaired) electrons. The van der Waals surface area contributed by atoms with Gasteiger partial charge < -0.3 is 0 Å². The minimum atomic E-state index is -3.30. The molecule has 2 aromatic rings. The van der Waals surface area contributed by atoms with Crippen molar-refractivity contribution >= 4 is 26.5 Å². The quantitative estimate of drug-likeness (QED) is 0.903. The van der Waals surface area contributed by atoms with Crippen LogP contribution in [0.5, 0.6) is 0 Å². The molecule has 4 nitrogen and oxygen atoms in total. The lowest BCUT2D eigenvalue weighted by Gasteiger charge is -2.04. The van der Waals surface area contributed by atoms with E-state index in [1.165, 1.54) is 11.3 Å². The Balaban J connectivity index is 1.94. The van der Waals surface area contributed by atoms with Gasteiger partial charge in [0, 0.05) is 11.6 Å². The van der Waals surface area contributed by atoms with Crippen LogP contribution in [0, 0.1) is 0 Å². The first-order valence-electron chi connectivity index (χ1n) is 5.10. The number of hydrogen-bond acceptors (Lipinski definition) is 4. The maximum atomic E-state index is 11.7. The third-order valence-electron chi connectivity index (χ3n) is 2.18. The van der Waals surface area contributed by atoms with Gasteiger partial charge in [-0.1, -0.05) is 30.3 Å². The summed E-state index contributed by atoms with van der Waals surface area (Å²) < 4.78 is 25.9. The summed E-state index contributed by atoms with van der Waals surface area (Å²) in [6, 6.07) is 9.54. The lowest BCUT2D eigenvalue weighted by atomic mass is 10.2. The summed E-state index contributed by atoms with van der Waals surface area (Å²) >= 11 is 1.27. The van der Waals surface area contributed by atoms with E-state index in [0.29, 0.717) is 11.6 Å². The molecule has 0 unspecified atom stereocenters. The number of nitrogens with one attached hydrogen (secondary N) is 1. The highest BCUT2D eigenvalue weighted by Gasteiger charge is 2.11. The molecule has 1 aromatic carbocycles. The van der Waals surface area contributed by atoms with Crippen molar-refractivity contribution in [2.45, 2.75) is 6.42 Å². The largest absolute Gasteiger partial charge is 0.259 e. The van der Waals surface area contributed by atoms with Gasteiger partial charge in [-0.25, -0.2) is 13.4 Å². The van der Waals surface area contributed by atoms with E-state index in [-0.39, 0.29) is 5.75 Å². The zero-order valence-corrected chi connectivity index (χ0v) is 10.7. The minimum Gasteiger partial charge on any atom is -0.259 e. The van der Waals surface area contributed by atoms with Crippen LogP contribution in [0.3, 0.4) is 0 Å². The van der Waals surface area contributed by atoms with Gasteiger partial charge in [-0.3, -0.25) is 4.72 Å². The van der Waals surface area contributed by atoms with Crippen molar-refractivity contribution in [3.05, 3.63) is 47.5 Å². The summed E-state index contributed by atoms with van der Waals surface area (Å²) in [7, 11) is -3.30. The van der Waals surface area contributed by atoms with Crippen LogP contribution in [-0.2, 0) is 16.4 Å². The van der Waals surface area contributed by atoms with Crippen molar-refractivity contribution in [2.24, 2.45) is 0 Å². The molecule has 0 saturated heterocycles. The van der Waals surface area contributed by atoms with E-state index >= 15 is 0 Å². The number of thiazole rings is 1. The molecule has 0 spiro atoms. The smallest absolute Gasteiger partial charge is 0.234 e. The van der Waals surface area contributed by atoms with Gasteiger partial charge in [-0.15, -0.1) is 11.3 Å². The Morgan fingerprint density at radius 2 is 2.00 bits per heavy atom. The predicted molar refractivity (Wildman–Crippen MR) is 69.7 cm³/mol. The highest BCUT2D eigenvalue weighted by Crippen LogP contribution is 2.13. The maximum absolute atomic E-state index is 11.7. The molecular formula is C11H12N2O2S2. The molecule has 1 N–H and O–H groups in total. The third-order valence-corrected chi connectivity index (χ3v) is 4.24. The zero-order valence-electron chi connectivity index (χ0n) is 9.04. The number of rotatable bonds is 5. The molecular weight excluding hydrogens is 256 g/mol. The van der Waals surface area contributed by atoms with Gasteiger partial charge >= 0.3 is 0 Å². The predicted octanol–water partition coefficient (Wildman–Crippen LogP) is 2.13. The summed E-state index contributed by atoms with van der Waals surface area (Å²) in [5.41, 5.74) is 1.01. The molecule has 0 amide bonds. The number of sulfonamides is 1. The fourth-order valence-corrected chi connectivity index (χ4v) is 3.23. The molecule has 0 aliphatic carbocycles. The first-order chi connectivity index (χ1) is 8.16. The number of anilines is 1. The van der Waals surface area contributed by atoms with Crippen LogP contribution in [0.2, 0.25) is 0 Å². The summed E-state index contributed by atoms with van der Waals surface area (Å²) in [5.74, 6) is 0.0661. The highest BCUT2D eigenvalue weighted by molar-refractivity contribution is 7.92. The van der Waals surface area contributed by atoms with Gasteiger partial charge in [0.2, 0.25) is 10.0 Å². The summed E-state index contributed by atoms with van der Waals surface area (Å²) in [5, 5.41) is 2.15. The summed E-state index contributed by atoms with van der Waals surface area (Å²) in [6.45, 7) is 0. The van der Waals surface area contributed by atoms with E-state index in [1.807, 2.05) is 30.3 Å². The number of hydrogen-bond donors (Lipinski definition) is 1. The molecule has 17 heavy (non-hydrogen) atoms. The normalized spacial score (nSPS) is 11.3. The van der Waals surface area contributed by atoms with Crippen LogP contribution in [0.25, 0.3) is 0 Å². The fraction of sp³-hybridized carbons (Fsp3) is 0.182. The van der Waals surface area contributed by atoms with Crippen molar-refractivity contribution in [3.8, 4) is 0 Å². The molecule has 0 aliphatic heterocycles. The molecule has 0 saturated carbocycles. The third kappa shape index (κ3) is 3.83. The van der Waals surface area contributed by atoms with Crippen LogP contribution in [0.4, 0.5) is 5.13 Å². The van der Waals surface area contributed by atoms with Gasteiger partial charge in [0.1, 0.15) is 0 Å². The average Bonchev–Trinajstić information content (AvgIpc) is 2.80. The van der Waals surface area contributed by atoms with Crippen LogP contribution >= 0.6 is 11.3 Å². The minimum absolute atomic E-state index is 0.0661. The molecule has 1 aromatic heterocycles. The first kappa shape index (κ1) is 12.1. The molecule has 90 valence electrons. The number of nitrogens with zero attached hydrogens (tertiary/aromatic N) is 1. The van der Waals surface area contributed by atoms with Crippen molar-refractivity contribution in [3.63, 3.8) is 0 Å². The first-order valence-corrected chi connectivity index (χ1v) is 7.63. The monoisotopic (exact) mass is 268 g/mol. The van der Waals surface area contributed by atoms with Crippen LogP contribution in [0.15, 0.2) is 41.9 Å². The molecule has 2 rings (SSSR count). The van der Waals surface area contributed by atoms with Gasteiger partial charge in [-0.2, -0.15) is 0 Å². The molecule has 1 heterocycles. The van der Waals surface area contributed by atoms with Gasteiger partial charge in [0.05, 0.1) is 5.75 Å². The van der Waals surface area contributed by atoms with Crippen molar-refractivity contribution in [1.29, 1.82) is 0 Å². The number of benzene rings is 1. The van der Waals surface area contributed by atoms with E-state index in [1.54, 1.807) is 11.6 Å². The van der Waals surface area contributed by atoms with Gasteiger partial charge in [0.25, 0.3) is 0 Å². The summed E-state index contributed by atoms with van der Waals surface area (Å²) in [4.78, 5) is 3.88. The van der Waals surface area contributed by atoms with Crippen molar-refractivity contribution in [1.82, 2.24) is 4.98 Å². The zero-order chi connectivity index (χ0) is 12.1. The molecule has 0 bridgehead atoms. The Hall–Kier alpha value is -1.40. The second-order valence-corrected chi connectivity index (χ2v) is 6.23. The molecule has 0 fully saturated rings. The Morgan fingerprint density at radius 1 is 1.24 bits per heavy atom. The lowest BCUT2D eigenvalue weighted by Crippen LogP contribution is -2.18. The Kier molecular flexibility index (Phi) is 3.75. The highest BCUT2D eigenvalue weighted by atomic mass is 32.2. The van der Waals surface area contributed by atoms with E-state index in [9.17, 15) is 8.42 Å². The lowest BCUT2D eigenvalue weighted by molar-refractivity contribution is 0.600. The van der Waals surface area contributed by atoms with Crippen molar-refractivity contribution in [2.75, 3.05) is 10.5 Å². The van der Waals surface area contributed by atoms with Crippen LogP contribution < -0.4 is 4.72 Å². The maximum Gasteiger partial charge on any atom is 0.234 e. The number of aromatic nitrogens is 1. The standard InChI is InChI=1S/C11H12N2O2S2/c14-17(15,13-11-12-7-8-16-11)9-6-10-4-2-1-3-5-10/h1-5,7-8H,6,9H2,(H,12,13). The second kappa shape index (κ2) is 5.29. The Bertz CT molecular complexity index is 550. The molecule has 0 aliphatic rings. The van der Waals surface area contributed by atoms with E-state index in [2.05, 4.69) is 9.71 Å². The van der Waals surface area contributed by atoms with E-state index in [0.717, 1.165) is 5.56 Å². The van der Waals surface area contributed by atoms with Gasteiger partial charge in [-0.05, 0) is 12.0 Å². The van der Waals surface area contributed by atoms with Crippen molar-refractivity contribution < 1.29 is 8.42 Å². The summed E-state index contributed by atoms with van der Waals surface area (Å²) in [6.07, 6.45) is 2.07. The Morgan fingerprint density at radius 3 is 2.65 bits per heavy atom. The number of aryl methyl sites for hydroxylation is 1. The average molecular weight is 268 g/mol. The Labute approximate surface area is 104 Å². The molecule has 0 atom stereocenters. The van der Waals surface area contributed by atoms with Crippen LogP contribution in [0.1, 0.15) is 5.56 Å². The topological polar surface area (TPSA) is 59.1 Å². The van der Waals surface area contributed by atoms with E-state index < -0.39 is 10.0 Å². The SMILES string of the molecule is O=S(=O)(CCc1ccccc1)Nc1nccs1. The molecule has 6 heteroatoms. The van der Waals surface area contributed by atoms with Crippen LogP contribution in [-0.4, -0.2) is 19.2 Å². The fourth-order valence-electron chi connectivity index (χ4n) is 1.35. The van der Waals surface area contributed by atoms with Gasteiger partial charge in [0.15, 0.2) is 5.13 Å².